The molecule has 1 fully saturated rings. The lowest BCUT2D eigenvalue weighted by Crippen LogP contribution is -2.60. The van der Waals surface area contributed by atoms with Crippen LogP contribution in [0.25, 0.3) is 0 Å². The standard InChI is InChI=1S/C20H23F3N4O/c1-12-3-6-17(16(22)9-12)26-19-14(4-5-15(21)18(19)23)20(28)27-10-13(11-27)25-8-2-7-24/h3-6,9,13,25-26H,2,7-8,10-11,24H2,1H3. The molecule has 1 saturated heterocycles. The van der Waals surface area contributed by atoms with Gasteiger partial charge in [-0.05, 0) is 56.3 Å². The van der Waals surface area contributed by atoms with Gasteiger partial charge in [0.15, 0.2) is 11.6 Å². The summed E-state index contributed by atoms with van der Waals surface area (Å²) < 4.78 is 42.3. The summed E-state index contributed by atoms with van der Waals surface area (Å²) in [6.45, 7) is 3.98. The van der Waals surface area contributed by atoms with Crippen molar-refractivity contribution < 1.29 is 18.0 Å². The van der Waals surface area contributed by atoms with E-state index in [-0.39, 0.29) is 23.0 Å². The van der Waals surface area contributed by atoms with Crippen LogP contribution in [0.4, 0.5) is 24.5 Å². The Hall–Kier alpha value is -2.58. The van der Waals surface area contributed by atoms with E-state index in [1.165, 1.54) is 23.1 Å². The Morgan fingerprint density at radius 2 is 1.93 bits per heavy atom. The summed E-state index contributed by atoms with van der Waals surface area (Å²) in [4.78, 5) is 14.3. The van der Waals surface area contributed by atoms with Crippen LogP contribution in [0.5, 0.6) is 0 Å². The summed E-state index contributed by atoms with van der Waals surface area (Å²) in [5, 5.41) is 5.82. The van der Waals surface area contributed by atoms with E-state index < -0.39 is 23.4 Å². The van der Waals surface area contributed by atoms with Crippen LogP contribution in [0.1, 0.15) is 22.3 Å². The topological polar surface area (TPSA) is 70.4 Å². The Morgan fingerprint density at radius 3 is 2.61 bits per heavy atom. The number of aryl methyl sites for hydroxylation is 1. The Bertz CT molecular complexity index is 869. The smallest absolute Gasteiger partial charge is 0.256 e. The molecule has 1 aliphatic heterocycles. The largest absolute Gasteiger partial charge is 0.350 e. The number of benzene rings is 2. The minimum absolute atomic E-state index is 0.0333. The van der Waals surface area contributed by atoms with Gasteiger partial charge in [0, 0.05) is 19.1 Å². The summed E-state index contributed by atoms with van der Waals surface area (Å²) in [6, 6.07) is 6.59. The van der Waals surface area contributed by atoms with Crippen molar-refractivity contribution in [3.8, 4) is 0 Å². The fourth-order valence-electron chi connectivity index (χ4n) is 3.06. The second-order valence-corrected chi connectivity index (χ2v) is 6.90. The van der Waals surface area contributed by atoms with Gasteiger partial charge in [-0.25, -0.2) is 13.2 Å². The lowest BCUT2D eigenvalue weighted by Gasteiger charge is -2.40. The molecule has 0 saturated carbocycles. The highest BCUT2D eigenvalue weighted by molar-refractivity contribution is 6.01. The molecule has 0 unspecified atom stereocenters. The van der Waals surface area contributed by atoms with Crippen molar-refractivity contribution in [1.82, 2.24) is 10.2 Å². The van der Waals surface area contributed by atoms with Gasteiger partial charge in [0.1, 0.15) is 5.82 Å². The van der Waals surface area contributed by atoms with Crippen LogP contribution in [0.15, 0.2) is 30.3 Å². The van der Waals surface area contributed by atoms with E-state index in [9.17, 15) is 18.0 Å². The fourth-order valence-corrected chi connectivity index (χ4v) is 3.06. The number of nitrogens with two attached hydrogens (primary N) is 1. The van der Waals surface area contributed by atoms with Crippen LogP contribution in [0, 0.1) is 24.4 Å². The van der Waals surface area contributed by atoms with Gasteiger partial charge in [-0.3, -0.25) is 4.79 Å². The molecule has 0 spiro atoms. The van der Waals surface area contributed by atoms with Crippen LogP contribution in [-0.4, -0.2) is 43.0 Å². The molecule has 8 heteroatoms. The first kappa shape index (κ1) is 20.2. The van der Waals surface area contributed by atoms with Gasteiger partial charge >= 0.3 is 0 Å². The molecule has 2 aromatic rings. The molecule has 5 nitrogen and oxygen atoms in total. The summed E-state index contributed by atoms with van der Waals surface area (Å²) in [6.07, 6.45) is 0.837. The number of nitrogens with zero attached hydrogens (tertiary/aromatic N) is 1. The van der Waals surface area contributed by atoms with Crippen LogP contribution >= 0.6 is 0 Å². The fraction of sp³-hybridized carbons (Fsp3) is 0.350. The SMILES string of the molecule is Cc1ccc(Nc2c(C(=O)N3CC(NCCCN)C3)ccc(F)c2F)c(F)c1. The predicted molar refractivity (Wildman–Crippen MR) is 102 cm³/mol. The molecular formula is C20H23F3N4O. The number of carbonyl (C=O) groups excluding carboxylic acids is 1. The summed E-state index contributed by atoms with van der Waals surface area (Å²) in [5.41, 5.74) is 5.69. The monoisotopic (exact) mass is 392 g/mol. The number of hydrogen-bond acceptors (Lipinski definition) is 4. The molecule has 1 aliphatic rings. The van der Waals surface area contributed by atoms with Crippen molar-refractivity contribution in [2.24, 2.45) is 5.73 Å². The molecule has 0 radical (unpaired) electrons. The third-order valence-corrected chi connectivity index (χ3v) is 4.69. The summed E-state index contributed by atoms with van der Waals surface area (Å²) in [5.74, 6) is -3.39. The van der Waals surface area contributed by atoms with E-state index in [1.54, 1.807) is 13.0 Å². The molecule has 1 heterocycles. The molecule has 2 aromatic carbocycles. The second-order valence-electron chi connectivity index (χ2n) is 6.90. The lowest BCUT2D eigenvalue weighted by atomic mass is 10.0. The first-order chi connectivity index (χ1) is 13.4. The van der Waals surface area contributed by atoms with E-state index in [0.717, 1.165) is 19.0 Å². The zero-order valence-corrected chi connectivity index (χ0v) is 15.6. The third-order valence-electron chi connectivity index (χ3n) is 4.69. The van der Waals surface area contributed by atoms with Crippen LogP contribution in [-0.2, 0) is 0 Å². The normalized spacial score (nSPS) is 14.1. The number of likely N-dealkylation sites (tertiary alicyclic amines) is 1. The van der Waals surface area contributed by atoms with Gasteiger partial charge in [0.25, 0.3) is 5.91 Å². The van der Waals surface area contributed by atoms with E-state index >= 15 is 0 Å². The summed E-state index contributed by atoms with van der Waals surface area (Å²) in [7, 11) is 0. The highest BCUT2D eigenvalue weighted by Gasteiger charge is 2.33. The summed E-state index contributed by atoms with van der Waals surface area (Å²) >= 11 is 0. The van der Waals surface area contributed by atoms with Gasteiger partial charge in [0.2, 0.25) is 0 Å². The first-order valence-electron chi connectivity index (χ1n) is 9.14. The minimum atomic E-state index is -1.22. The number of rotatable bonds is 7. The minimum Gasteiger partial charge on any atom is -0.350 e. The van der Waals surface area contributed by atoms with Gasteiger partial charge in [0.05, 0.1) is 16.9 Å². The van der Waals surface area contributed by atoms with Gasteiger partial charge in [-0.15, -0.1) is 0 Å². The highest BCUT2D eigenvalue weighted by atomic mass is 19.2. The number of anilines is 2. The zero-order chi connectivity index (χ0) is 20.3. The molecule has 0 aromatic heterocycles. The molecule has 1 amide bonds. The molecule has 150 valence electrons. The molecule has 3 rings (SSSR count). The molecular weight excluding hydrogens is 369 g/mol. The third kappa shape index (κ3) is 4.28. The average molecular weight is 392 g/mol. The van der Waals surface area contributed by atoms with Crippen molar-refractivity contribution in [2.75, 3.05) is 31.5 Å². The molecule has 0 atom stereocenters. The maximum absolute atomic E-state index is 14.4. The molecule has 28 heavy (non-hydrogen) atoms. The van der Waals surface area contributed by atoms with Crippen LogP contribution < -0.4 is 16.4 Å². The lowest BCUT2D eigenvalue weighted by molar-refractivity contribution is 0.0568. The quantitative estimate of drug-likeness (QED) is 0.634. The maximum Gasteiger partial charge on any atom is 0.256 e. The second kappa shape index (κ2) is 8.62. The van der Waals surface area contributed by atoms with Gasteiger partial charge in [-0.2, -0.15) is 0 Å². The molecule has 0 aliphatic carbocycles. The highest BCUT2D eigenvalue weighted by Crippen LogP contribution is 2.30. The Morgan fingerprint density at radius 1 is 1.18 bits per heavy atom. The maximum atomic E-state index is 14.4. The van der Waals surface area contributed by atoms with Crippen molar-refractivity contribution in [1.29, 1.82) is 0 Å². The van der Waals surface area contributed by atoms with Crippen molar-refractivity contribution in [3.05, 3.63) is 58.9 Å². The Kier molecular flexibility index (Phi) is 6.21. The van der Waals surface area contributed by atoms with Gasteiger partial charge < -0.3 is 21.3 Å². The number of carbonyl (C=O) groups is 1. The number of hydrogen-bond donors (Lipinski definition) is 3. The van der Waals surface area contributed by atoms with Crippen LogP contribution in [0.2, 0.25) is 0 Å². The Balaban J connectivity index is 1.78. The zero-order valence-electron chi connectivity index (χ0n) is 15.6. The van der Waals surface area contributed by atoms with Crippen molar-refractivity contribution in [2.45, 2.75) is 19.4 Å². The predicted octanol–water partition coefficient (Wildman–Crippen LogP) is 2.92. The van der Waals surface area contributed by atoms with E-state index in [2.05, 4.69) is 10.6 Å². The Labute approximate surface area is 161 Å². The molecule has 4 N–H and O–H groups in total. The number of amides is 1. The van der Waals surface area contributed by atoms with Crippen molar-refractivity contribution >= 4 is 17.3 Å². The van der Waals surface area contributed by atoms with Gasteiger partial charge in [-0.1, -0.05) is 6.07 Å². The van der Waals surface area contributed by atoms with E-state index in [0.29, 0.717) is 25.2 Å². The van der Waals surface area contributed by atoms with Crippen LogP contribution in [0.3, 0.4) is 0 Å². The molecule has 0 bridgehead atoms. The number of halogens is 3. The first-order valence-corrected chi connectivity index (χ1v) is 9.14. The van der Waals surface area contributed by atoms with E-state index in [1.807, 2.05) is 0 Å². The van der Waals surface area contributed by atoms with Crippen molar-refractivity contribution in [3.63, 3.8) is 0 Å². The number of nitrogens with one attached hydrogen (secondary N) is 2. The average Bonchev–Trinajstić information content (AvgIpc) is 2.62. The van der Waals surface area contributed by atoms with E-state index in [4.69, 9.17) is 5.73 Å².